The van der Waals surface area contributed by atoms with Crippen LogP contribution in [0.5, 0.6) is 0 Å². The lowest BCUT2D eigenvalue weighted by molar-refractivity contribution is 1.17. The van der Waals surface area contributed by atoms with Crippen molar-refractivity contribution in [1.82, 2.24) is 0 Å². The fourth-order valence-corrected chi connectivity index (χ4v) is 0.598. The zero-order valence-corrected chi connectivity index (χ0v) is 7.44. The summed E-state index contributed by atoms with van der Waals surface area (Å²) >= 11 is 0. The SMILES string of the molecule is C/C=C(\C)[CH]CC=C(C)C. The van der Waals surface area contributed by atoms with E-state index in [1.165, 1.54) is 11.1 Å². The van der Waals surface area contributed by atoms with Gasteiger partial charge in [0.05, 0.1) is 0 Å². The highest BCUT2D eigenvalue weighted by Gasteiger charge is 1.85. The van der Waals surface area contributed by atoms with Crippen molar-refractivity contribution in [3.8, 4) is 0 Å². The summed E-state index contributed by atoms with van der Waals surface area (Å²) in [6, 6.07) is 0. The van der Waals surface area contributed by atoms with E-state index in [0.29, 0.717) is 0 Å². The van der Waals surface area contributed by atoms with Crippen LogP contribution in [0.3, 0.4) is 0 Å². The Morgan fingerprint density at radius 3 is 2.20 bits per heavy atom. The van der Waals surface area contributed by atoms with Crippen molar-refractivity contribution < 1.29 is 0 Å². The molecule has 0 aliphatic carbocycles. The molecule has 0 saturated carbocycles. The molecule has 0 fully saturated rings. The lowest BCUT2D eigenvalue weighted by Gasteiger charge is -1.94. The molecule has 0 N–H and O–H groups in total. The maximum absolute atomic E-state index is 2.23. The third-order valence-electron chi connectivity index (χ3n) is 1.42. The smallest absolute Gasteiger partial charge is 0.0103 e. The van der Waals surface area contributed by atoms with Gasteiger partial charge in [-0.15, -0.1) is 0 Å². The summed E-state index contributed by atoms with van der Waals surface area (Å²) in [5.74, 6) is 0. The van der Waals surface area contributed by atoms with E-state index in [0.717, 1.165) is 6.42 Å². The standard InChI is InChI=1S/C10H17/c1-5-10(4)8-6-7-9(2)3/h5,7-8H,6H2,1-4H3/b10-5+. The quantitative estimate of drug-likeness (QED) is 0.522. The Hall–Kier alpha value is -0.520. The highest BCUT2D eigenvalue weighted by atomic mass is 13.9. The summed E-state index contributed by atoms with van der Waals surface area (Å²) in [5, 5.41) is 0. The van der Waals surface area contributed by atoms with E-state index in [1.807, 2.05) is 0 Å². The molecule has 0 atom stereocenters. The molecule has 57 valence electrons. The first-order valence-corrected chi connectivity index (χ1v) is 3.76. The Balaban J connectivity index is 3.47. The summed E-state index contributed by atoms with van der Waals surface area (Å²) < 4.78 is 0. The molecule has 0 aliphatic heterocycles. The second-order valence-corrected chi connectivity index (χ2v) is 2.75. The maximum Gasteiger partial charge on any atom is -0.0103 e. The van der Waals surface area contributed by atoms with E-state index in [1.54, 1.807) is 0 Å². The van der Waals surface area contributed by atoms with Crippen LogP contribution < -0.4 is 0 Å². The summed E-state index contributed by atoms with van der Waals surface area (Å²) in [4.78, 5) is 0. The monoisotopic (exact) mass is 137 g/mol. The van der Waals surface area contributed by atoms with Gasteiger partial charge in [0, 0.05) is 0 Å². The zero-order chi connectivity index (χ0) is 7.98. The molecular weight excluding hydrogens is 120 g/mol. The Kier molecular flexibility index (Phi) is 5.00. The third-order valence-corrected chi connectivity index (χ3v) is 1.42. The van der Waals surface area contributed by atoms with Gasteiger partial charge < -0.3 is 0 Å². The van der Waals surface area contributed by atoms with Gasteiger partial charge >= 0.3 is 0 Å². The molecule has 0 spiro atoms. The predicted molar refractivity (Wildman–Crippen MR) is 47.8 cm³/mol. The van der Waals surface area contributed by atoms with Crippen LogP contribution >= 0.6 is 0 Å². The van der Waals surface area contributed by atoms with E-state index in [2.05, 4.69) is 46.3 Å². The fraction of sp³-hybridized carbons (Fsp3) is 0.500. The van der Waals surface area contributed by atoms with Gasteiger partial charge in [-0.3, -0.25) is 0 Å². The van der Waals surface area contributed by atoms with Crippen LogP contribution in [0, 0.1) is 6.42 Å². The van der Waals surface area contributed by atoms with Crippen molar-refractivity contribution in [1.29, 1.82) is 0 Å². The van der Waals surface area contributed by atoms with Crippen LogP contribution in [0.15, 0.2) is 23.3 Å². The zero-order valence-electron chi connectivity index (χ0n) is 7.44. The Labute approximate surface area is 64.6 Å². The maximum atomic E-state index is 2.23. The van der Waals surface area contributed by atoms with Crippen molar-refractivity contribution in [2.45, 2.75) is 34.1 Å². The Morgan fingerprint density at radius 1 is 1.20 bits per heavy atom. The molecule has 0 unspecified atom stereocenters. The van der Waals surface area contributed by atoms with Gasteiger partial charge in [-0.1, -0.05) is 23.3 Å². The van der Waals surface area contributed by atoms with Crippen LogP contribution in [0.4, 0.5) is 0 Å². The summed E-state index contributed by atoms with van der Waals surface area (Å²) in [6.07, 6.45) is 7.65. The van der Waals surface area contributed by atoms with E-state index in [4.69, 9.17) is 0 Å². The third kappa shape index (κ3) is 5.61. The first kappa shape index (κ1) is 9.48. The molecule has 0 aromatic carbocycles. The molecule has 1 radical (unpaired) electrons. The van der Waals surface area contributed by atoms with Crippen LogP contribution in [0.25, 0.3) is 0 Å². The molecule has 0 heterocycles. The van der Waals surface area contributed by atoms with Gasteiger partial charge in [0.1, 0.15) is 0 Å². The van der Waals surface area contributed by atoms with Gasteiger partial charge in [0.25, 0.3) is 0 Å². The van der Waals surface area contributed by atoms with E-state index in [9.17, 15) is 0 Å². The van der Waals surface area contributed by atoms with Crippen LogP contribution in [-0.4, -0.2) is 0 Å². The molecule has 0 nitrogen and oxygen atoms in total. The van der Waals surface area contributed by atoms with Crippen LogP contribution in [0.2, 0.25) is 0 Å². The molecular formula is C10H17. The first-order valence-electron chi connectivity index (χ1n) is 3.76. The topological polar surface area (TPSA) is 0 Å². The van der Waals surface area contributed by atoms with Gasteiger partial charge in [0.2, 0.25) is 0 Å². The van der Waals surface area contributed by atoms with Crippen LogP contribution in [-0.2, 0) is 0 Å². The average Bonchev–Trinajstić information content (AvgIpc) is 1.87. The van der Waals surface area contributed by atoms with Crippen molar-refractivity contribution in [2.24, 2.45) is 0 Å². The molecule has 0 saturated heterocycles. The minimum absolute atomic E-state index is 1.07. The second-order valence-electron chi connectivity index (χ2n) is 2.75. The molecule has 0 heteroatoms. The molecule has 0 bridgehead atoms. The second kappa shape index (κ2) is 5.28. The number of rotatable bonds is 3. The minimum Gasteiger partial charge on any atom is -0.0884 e. The van der Waals surface area contributed by atoms with Crippen LogP contribution in [0.1, 0.15) is 34.1 Å². The molecule has 0 aliphatic rings. The fourth-order valence-electron chi connectivity index (χ4n) is 0.598. The Bertz CT molecular complexity index is 134. The normalized spacial score (nSPS) is 11.4. The summed E-state index contributed by atoms with van der Waals surface area (Å²) in [7, 11) is 0. The highest BCUT2D eigenvalue weighted by molar-refractivity contribution is 5.12. The molecule has 0 aromatic heterocycles. The lowest BCUT2D eigenvalue weighted by Crippen LogP contribution is -1.76. The molecule has 0 aromatic rings. The number of hydrogen-bond acceptors (Lipinski definition) is 0. The van der Waals surface area contributed by atoms with E-state index >= 15 is 0 Å². The van der Waals surface area contributed by atoms with Gasteiger partial charge in [-0.2, -0.15) is 0 Å². The summed E-state index contributed by atoms with van der Waals surface area (Å²) in [5.41, 5.74) is 2.75. The van der Waals surface area contributed by atoms with Crippen molar-refractivity contribution in [3.05, 3.63) is 29.7 Å². The minimum atomic E-state index is 1.07. The average molecular weight is 137 g/mol. The summed E-state index contributed by atoms with van der Waals surface area (Å²) in [6.45, 7) is 8.44. The first-order chi connectivity index (χ1) is 4.66. The van der Waals surface area contributed by atoms with Crippen molar-refractivity contribution in [2.75, 3.05) is 0 Å². The van der Waals surface area contributed by atoms with E-state index < -0.39 is 0 Å². The van der Waals surface area contributed by atoms with Gasteiger partial charge in [-0.25, -0.2) is 0 Å². The van der Waals surface area contributed by atoms with Gasteiger partial charge in [-0.05, 0) is 40.5 Å². The lowest BCUT2D eigenvalue weighted by atomic mass is 10.1. The molecule has 0 amide bonds. The predicted octanol–water partition coefficient (Wildman–Crippen LogP) is 3.51. The largest absolute Gasteiger partial charge is 0.0884 e. The highest BCUT2D eigenvalue weighted by Crippen LogP contribution is 2.03. The molecule has 10 heavy (non-hydrogen) atoms. The number of allylic oxidation sites excluding steroid dienone is 4. The van der Waals surface area contributed by atoms with Gasteiger partial charge in [0.15, 0.2) is 0 Å². The van der Waals surface area contributed by atoms with Crippen molar-refractivity contribution in [3.63, 3.8) is 0 Å². The molecule has 0 rings (SSSR count). The number of hydrogen-bond donors (Lipinski definition) is 0. The van der Waals surface area contributed by atoms with Crippen molar-refractivity contribution >= 4 is 0 Å². The Morgan fingerprint density at radius 2 is 1.80 bits per heavy atom. The van der Waals surface area contributed by atoms with E-state index in [-0.39, 0.29) is 0 Å².